The molecule has 0 aliphatic rings. The van der Waals surface area contributed by atoms with Gasteiger partial charge in [0, 0.05) is 0 Å². The van der Waals surface area contributed by atoms with Gasteiger partial charge >= 0.3 is 59.1 Å². The molecule has 0 amide bonds. The van der Waals surface area contributed by atoms with Crippen molar-refractivity contribution < 1.29 is 0 Å². The van der Waals surface area contributed by atoms with E-state index in [1.807, 2.05) is 0 Å². The summed E-state index contributed by atoms with van der Waals surface area (Å²) < 4.78 is 0. The fraction of sp³-hybridized carbons (Fsp3) is 1.00. The van der Waals surface area contributed by atoms with E-state index in [0.717, 1.165) is 0 Å². The van der Waals surface area contributed by atoms with E-state index >= 15 is 0 Å². The Morgan fingerprint density at radius 1 is 0.818 bits per heavy atom. The number of thioether (sulfide) groups is 1. The van der Waals surface area contributed by atoms with E-state index in [-0.39, 0.29) is 59.1 Å². The second-order valence-corrected chi connectivity index (χ2v) is 3.54. The Kier molecular flexibility index (Phi) is 31.4. The second kappa shape index (κ2) is 18.2. The van der Waals surface area contributed by atoms with Gasteiger partial charge in [-0.05, 0) is 24.3 Å². The van der Waals surface area contributed by atoms with Gasteiger partial charge in [0.05, 0.1) is 0 Å². The van der Waals surface area contributed by atoms with Crippen LogP contribution < -0.4 is 0 Å². The Morgan fingerprint density at radius 3 is 1.45 bits per heavy atom. The molecule has 0 aliphatic heterocycles. The summed E-state index contributed by atoms with van der Waals surface area (Å²) in [6, 6.07) is 0. The van der Waals surface area contributed by atoms with Crippen molar-refractivity contribution in [2.24, 2.45) is 0 Å². The Balaban J connectivity index is -0.000000320. The van der Waals surface area contributed by atoms with E-state index in [4.69, 9.17) is 0 Å². The van der Waals surface area contributed by atoms with E-state index < -0.39 is 0 Å². The first-order valence-electron chi connectivity index (χ1n) is 3.99. The average molecular weight is 194 g/mol. The summed E-state index contributed by atoms with van der Waals surface area (Å²) in [5.41, 5.74) is 0. The molecule has 0 unspecified atom stereocenters. The van der Waals surface area contributed by atoms with Gasteiger partial charge in [0.1, 0.15) is 0 Å². The van der Waals surface area contributed by atoms with Crippen molar-refractivity contribution in [2.75, 3.05) is 11.5 Å². The van der Waals surface area contributed by atoms with Gasteiger partial charge in [-0.2, -0.15) is 11.8 Å². The van der Waals surface area contributed by atoms with Crippen LogP contribution in [0.25, 0.3) is 0 Å². The van der Waals surface area contributed by atoms with Crippen molar-refractivity contribution in [1.82, 2.24) is 0 Å². The SMILES string of the molecule is CCCCSCCCC.[NaH].[NaH]. The molecule has 0 saturated carbocycles. The van der Waals surface area contributed by atoms with Gasteiger partial charge < -0.3 is 0 Å². The van der Waals surface area contributed by atoms with Crippen LogP contribution in [0.1, 0.15) is 39.5 Å². The standard InChI is InChI=1S/C8H18S.2Na.2H/c1-3-5-7-9-8-6-4-2;;;;/h3-8H2,1-2H3;;;;. The van der Waals surface area contributed by atoms with E-state index in [9.17, 15) is 0 Å². The van der Waals surface area contributed by atoms with Crippen LogP contribution in [0.15, 0.2) is 0 Å². The molecule has 0 aromatic carbocycles. The number of hydrogen-bond acceptors (Lipinski definition) is 1. The van der Waals surface area contributed by atoms with E-state index in [0.29, 0.717) is 0 Å². The van der Waals surface area contributed by atoms with Crippen molar-refractivity contribution in [3.63, 3.8) is 0 Å². The first-order chi connectivity index (χ1) is 4.41. The Hall–Kier alpha value is 2.35. The van der Waals surface area contributed by atoms with Crippen LogP contribution in [0.2, 0.25) is 0 Å². The third-order valence-corrected chi connectivity index (χ3v) is 2.44. The topological polar surface area (TPSA) is 0 Å². The minimum atomic E-state index is 0. The summed E-state index contributed by atoms with van der Waals surface area (Å²) in [6.07, 6.45) is 5.49. The van der Waals surface area contributed by atoms with Gasteiger partial charge in [-0.3, -0.25) is 0 Å². The molecule has 0 nitrogen and oxygen atoms in total. The normalized spacial score (nSPS) is 8.18. The fourth-order valence-corrected chi connectivity index (χ4v) is 1.78. The van der Waals surface area contributed by atoms with Crippen molar-refractivity contribution >= 4 is 70.9 Å². The Bertz CT molecular complexity index is 45.4. The van der Waals surface area contributed by atoms with Crippen LogP contribution in [0.5, 0.6) is 0 Å². The maximum atomic E-state index is 2.25. The third-order valence-electron chi connectivity index (χ3n) is 1.28. The van der Waals surface area contributed by atoms with Gasteiger partial charge in [0.25, 0.3) is 0 Å². The molecule has 0 radical (unpaired) electrons. The van der Waals surface area contributed by atoms with Gasteiger partial charge in [-0.15, -0.1) is 0 Å². The van der Waals surface area contributed by atoms with Gasteiger partial charge in [-0.25, -0.2) is 0 Å². The summed E-state index contributed by atoms with van der Waals surface area (Å²) in [5.74, 6) is 2.74. The molecule has 0 aromatic heterocycles. The number of rotatable bonds is 6. The number of unbranched alkanes of at least 4 members (excludes halogenated alkanes) is 2. The summed E-state index contributed by atoms with van der Waals surface area (Å²) in [5, 5.41) is 0. The van der Waals surface area contributed by atoms with Crippen molar-refractivity contribution in [2.45, 2.75) is 39.5 Å². The molecule has 60 valence electrons. The van der Waals surface area contributed by atoms with Crippen LogP contribution in [0, 0.1) is 0 Å². The van der Waals surface area contributed by atoms with Crippen LogP contribution in [0.3, 0.4) is 0 Å². The summed E-state index contributed by atoms with van der Waals surface area (Å²) in [7, 11) is 0. The molecule has 0 fully saturated rings. The zero-order chi connectivity index (χ0) is 6.95. The molecule has 0 aromatic rings. The van der Waals surface area contributed by atoms with Crippen LogP contribution in [-0.4, -0.2) is 70.6 Å². The second-order valence-electron chi connectivity index (χ2n) is 2.32. The van der Waals surface area contributed by atoms with E-state index in [2.05, 4.69) is 25.6 Å². The molecule has 0 rings (SSSR count). The quantitative estimate of drug-likeness (QED) is 0.460. The fourth-order valence-electron chi connectivity index (χ4n) is 0.595. The maximum absolute atomic E-state index is 2.25. The van der Waals surface area contributed by atoms with Crippen LogP contribution in [-0.2, 0) is 0 Å². The number of hydrogen-bond donors (Lipinski definition) is 0. The van der Waals surface area contributed by atoms with Gasteiger partial charge in [-0.1, -0.05) is 26.7 Å². The molecule has 0 aliphatic carbocycles. The zero-order valence-electron chi connectivity index (χ0n) is 6.65. The van der Waals surface area contributed by atoms with Crippen molar-refractivity contribution in [3.05, 3.63) is 0 Å². The Labute approximate surface area is 120 Å². The average Bonchev–Trinajstić information content (AvgIpc) is 1.89. The van der Waals surface area contributed by atoms with Crippen LogP contribution in [0.4, 0.5) is 0 Å². The molecule has 0 N–H and O–H groups in total. The van der Waals surface area contributed by atoms with Crippen molar-refractivity contribution in [1.29, 1.82) is 0 Å². The molecular formula is C8H20Na2S. The first-order valence-corrected chi connectivity index (χ1v) is 5.15. The predicted octanol–water partition coefficient (Wildman–Crippen LogP) is 2.02. The van der Waals surface area contributed by atoms with Crippen molar-refractivity contribution in [3.8, 4) is 0 Å². The first kappa shape index (κ1) is 19.0. The monoisotopic (exact) mass is 194 g/mol. The molecule has 0 spiro atoms. The molecule has 0 saturated heterocycles. The summed E-state index contributed by atoms with van der Waals surface area (Å²) in [4.78, 5) is 0. The molecule has 0 bridgehead atoms. The van der Waals surface area contributed by atoms with Crippen LogP contribution >= 0.6 is 11.8 Å². The third kappa shape index (κ3) is 19.0. The minimum absolute atomic E-state index is 0. The predicted molar refractivity (Wildman–Crippen MR) is 61.4 cm³/mol. The van der Waals surface area contributed by atoms with E-state index in [1.165, 1.54) is 37.2 Å². The summed E-state index contributed by atoms with van der Waals surface area (Å²) >= 11 is 2.10. The molecule has 3 heteroatoms. The molecular weight excluding hydrogens is 174 g/mol. The zero-order valence-corrected chi connectivity index (χ0v) is 7.47. The molecule has 0 heterocycles. The molecule has 0 atom stereocenters. The molecule has 11 heavy (non-hydrogen) atoms. The van der Waals surface area contributed by atoms with E-state index in [1.54, 1.807) is 0 Å². The summed E-state index contributed by atoms with van der Waals surface area (Å²) in [6.45, 7) is 4.50. The van der Waals surface area contributed by atoms with Gasteiger partial charge in [0.15, 0.2) is 0 Å². The van der Waals surface area contributed by atoms with Gasteiger partial charge in [0.2, 0.25) is 0 Å². The Morgan fingerprint density at radius 2 is 1.18 bits per heavy atom.